The van der Waals surface area contributed by atoms with Crippen LogP contribution in [-0.4, -0.2) is 104 Å². The smallest absolute Gasteiger partial charge is 0.322 e. The van der Waals surface area contributed by atoms with Gasteiger partial charge in [0.2, 0.25) is 0 Å². The highest BCUT2D eigenvalue weighted by atomic mass is 16.4. The van der Waals surface area contributed by atoms with Gasteiger partial charge < -0.3 is 64.6 Å². The third-order valence-corrected chi connectivity index (χ3v) is 2.72. The summed E-state index contributed by atoms with van der Waals surface area (Å²) in [4.78, 5) is 48.7. The number of hydrogen-bond acceptors (Lipinski definition) is 11. The molecule has 0 aromatic carbocycles. The fraction of sp³-hybridized carbons (Fsp3) is 0.600. The highest BCUT2D eigenvalue weighted by Crippen LogP contribution is 1.92. The Kier molecular flexibility index (Phi) is 25.7. The molecule has 0 saturated carbocycles. The first-order valence-corrected chi connectivity index (χ1v) is 8.80. The average molecular weight is 487 g/mol. The van der Waals surface area contributed by atoms with Gasteiger partial charge in [-0.15, -0.1) is 0 Å². The Balaban J connectivity index is -0.000000178. The van der Waals surface area contributed by atoms with E-state index in [1.54, 1.807) is 0 Å². The van der Waals surface area contributed by atoms with Gasteiger partial charge >= 0.3 is 29.8 Å². The van der Waals surface area contributed by atoms with Crippen molar-refractivity contribution in [2.45, 2.75) is 37.4 Å². The van der Waals surface area contributed by atoms with Gasteiger partial charge in [0.1, 0.15) is 18.1 Å². The van der Waals surface area contributed by atoms with Crippen LogP contribution in [0, 0.1) is 5.41 Å². The number of carbonyl (C=O) groups is 5. The van der Waals surface area contributed by atoms with Crippen LogP contribution in [0.4, 0.5) is 0 Å². The van der Waals surface area contributed by atoms with Crippen LogP contribution in [0.15, 0.2) is 0 Å². The van der Waals surface area contributed by atoms with Crippen molar-refractivity contribution in [1.82, 2.24) is 5.32 Å². The summed E-state index contributed by atoms with van der Waals surface area (Å²) in [6.45, 7) is -0.300. The molecule has 18 nitrogen and oxygen atoms in total. The molecule has 33 heavy (non-hydrogen) atoms. The normalized spacial score (nSPS) is 11.8. The largest absolute Gasteiger partial charge is 0.481 e. The second-order valence-electron chi connectivity index (χ2n) is 5.70. The van der Waals surface area contributed by atoms with E-state index >= 15 is 0 Å². The van der Waals surface area contributed by atoms with Gasteiger partial charge in [0, 0.05) is 6.54 Å². The van der Waals surface area contributed by atoms with Crippen LogP contribution in [-0.2, 0) is 24.0 Å². The number of carboxylic acids is 5. The number of guanidine groups is 1. The Labute approximate surface area is 187 Å². The second-order valence-corrected chi connectivity index (χ2v) is 5.70. The Morgan fingerprint density at radius 1 is 0.788 bits per heavy atom. The minimum absolute atomic E-state index is 0.112. The Morgan fingerprint density at radius 2 is 1.18 bits per heavy atom. The third kappa shape index (κ3) is 36.2. The number of aliphatic carboxylic acids is 5. The standard InChI is InChI=1S/C6H14N4O2.C4H7NO4.C3H7NO3.C2H5NO2/c7-4(5(11)12)2-1-3-10-6(8)9;5-2(4(8)9)1-3(6)7;4-2(1-5)3(6)7;3-1-2(4)5/h4H,1-3,7H2,(H,11,12)(H4,8,9,10);2H,1,5H2,(H,6,7)(H,8,9);2,5H,1,4H2,(H,6,7);1,3H2,(H,4,5)/t4-;2*2-;/m000./s1. The maximum atomic E-state index is 10.2. The van der Waals surface area contributed by atoms with E-state index in [2.05, 4.69) is 11.1 Å². The van der Waals surface area contributed by atoms with Crippen molar-refractivity contribution >= 4 is 35.8 Å². The number of carboxylic acid groups (broad SMARTS) is 5. The van der Waals surface area contributed by atoms with E-state index in [-0.39, 0.29) is 12.5 Å². The molecule has 0 bridgehead atoms. The predicted molar refractivity (Wildman–Crippen MR) is 112 cm³/mol. The fourth-order valence-corrected chi connectivity index (χ4v) is 1.02. The molecule has 0 rings (SSSR count). The van der Waals surface area contributed by atoms with Gasteiger partial charge in [0.15, 0.2) is 5.96 Å². The maximum Gasteiger partial charge on any atom is 0.322 e. The van der Waals surface area contributed by atoms with E-state index in [1.165, 1.54) is 0 Å². The van der Waals surface area contributed by atoms with Crippen molar-refractivity contribution in [3.05, 3.63) is 0 Å². The van der Waals surface area contributed by atoms with Gasteiger partial charge in [-0.3, -0.25) is 29.4 Å². The van der Waals surface area contributed by atoms with Crippen LogP contribution < -0.4 is 34.0 Å². The third-order valence-electron chi connectivity index (χ3n) is 2.72. The number of nitrogens with two attached hydrogens (primary N) is 5. The van der Waals surface area contributed by atoms with Crippen LogP contribution in [0.5, 0.6) is 0 Å². The van der Waals surface area contributed by atoms with Crippen molar-refractivity contribution in [3.8, 4) is 0 Å². The van der Waals surface area contributed by atoms with Crippen LogP contribution in [0.25, 0.3) is 0 Å². The van der Waals surface area contributed by atoms with E-state index < -0.39 is 61.0 Å². The van der Waals surface area contributed by atoms with Crippen molar-refractivity contribution < 1.29 is 54.6 Å². The lowest BCUT2D eigenvalue weighted by molar-refractivity contribution is -0.144. The zero-order valence-electron chi connectivity index (χ0n) is 17.6. The van der Waals surface area contributed by atoms with E-state index in [4.69, 9.17) is 59.0 Å². The summed E-state index contributed by atoms with van der Waals surface area (Å²) in [6, 6.07) is -3.23. The highest BCUT2D eigenvalue weighted by molar-refractivity contribution is 5.80. The second kappa shape index (κ2) is 23.1. The molecule has 194 valence electrons. The number of rotatable bonds is 11. The molecule has 0 heterocycles. The highest BCUT2D eigenvalue weighted by Gasteiger charge is 2.14. The van der Waals surface area contributed by atoms with E-state index in [1.807, 2.05) is 0 Å². The van der Waals surface area contributed by atoms with Crippen LogP contribution in [0.1, 0.15) is 19.3 Å². The molecule has 0 fully saturated rings. The van der Waals surface area contributed by atoms with Gasteiger partial charge in [0.25, 0.3) is 0 Å². The molecule has 18 heteroatoms. The fourth-order valence-electron chi connectivity index (χ4n) is 1.02. The lowest BCUT2D eigenvalue weighted by Gasteiger charge is -2.06. The minimum Gasteiger partial charge on any atom is -0.481 e. The van der Waals surface area contributed by atoms with Gasteiger partial charge in [-0.2, -0.15) is 0 Å². The van der Waals surface area contributed by atoms with Crippen molar-refractivity contribution in [1.29, 1.82) is 5.41 Å². The molecule has 0 unspecified atom stereocenters. The van der Waals surface area contributed by atoms with E-state index in [0.29, 0.717) is 19.4 Å². The number of aliphatic hydroxyl groups excluding tert-OH is 1. The van der Waals surface area contributed by atoms with E-state index in [9.17, 15) is 24.0 Å². The van der Waals surface area contributed by atoms with Crippen molar-refractivity contribution in [3.63, 3.8) is 0 Å². The van der Waals surface area contributed by atoms with Gasteiger partial charge in [0.05, 0.1) is 19.6 Å². The zero-order chi connectivity index (χ0) is 27.1. The van der Waals surface area contributed by atoms with Gasteiger partial charge in [-0.1, -0.05) is 0 Å². The molecule has 0 saturated heterocycles. The minimum atomic E-state index is -1.29. The van der Waals surface area contributed by atoms with Crippen LogP contribution >= 0.6 is 0 Å². The Bertz CT molecular complexity index is 619. The summed E-state index contributed by atoms with van der Waals surface area (Å²) in [6.07, 6.45) is 0.442. The summed E-state index contributed by atoms with van der Waals surface area (Å²) >= 11 is 0. The quantitative estimate of drug-likeness (QED) is 0.0735. The monoisotopic (exact) mass is 487 g/mol. The maximum absolute atomic E-state index is 10.2. The van der Waals surface area contributed by atoms with E-state index in [0.717, 1.165) is 0 Å². The first kappa shape index (κ1) is 36.8. The summed E-state index contributed by atoms with van der Waals surface area (Å²) in [5, 5.41) is 57.2. The molecule has 0 spiro atoms. The Hall–Kier alpha value is -3.58. The molecule has 0 aromatic rings. The average Bonchev–Trinajstić information content (AvgIpc) is 2.70. The van der Waals surface area contributed by atoms with Crippen LogP contribution in [0.2, 0.25) is 0 Å². The number of nitrogens with one attached hydrogen (secondary N) is 2. The zero-order valence-corrected chi connectivity index (χ0v) is 17.6. The molecular formula is C15H33N7O11. The molecule has 0 amide bonds. The number of aliphatic hydroxyl groups is 1. The summed E-state index contributed by atoms with van der Waals surface area (Å²) in [5.74, 6) is -5.76. The molecule has 18 N–H and O–H groups in total. The predicted octanol–water partition coefficient (Wildman–Crippen LogP) is -5.05. The van der Waals surface area contributed by atoms with Gasteiger partial charge in [-0.05, 0) is 12.8 Å². The summed E-state index contributed by atoms with van der Waals surface area (Å²) in [5.41, 5.74) is 24.4. The summed E-state index contributed by atoms with van der Waals surface area (Å²) in [7, 11) is 0. The molecule has 3 atom stereocenters. The first-order chi connectivity index (χ1) is 15.0. The topological polar surface area (TPSA) is 373 Å². The van der Waals surface area contributed by atoms with Crippen LogP contribution in [0.3, 0.4) is 0 Å². The lowest BCUT2D eigenvalue weighted by atomic mass is 10.2. The van der Waals surface area contributed by atoms with Crippen molar-refractivity contribution in [2.24, 2.45) is 28.7 Å². The molecule has 0 aromatic heterocycles. The molecule has 0 aliphatic carbocycles. The molecule has 0 aliphatic rings. The molecule has 0 aliphatic heterocycles. The first-order valence-electron chi connectivity index (χ1n) is 8.80. The molecular weight excluding hydrogens is 454 g/mol. The Morgan fingerprint density at radius 3 is 1.36 bits per heavy atom. The SMILES string of the molecule is N=C(N)NCCC[C@H](N)C(=O)O.NCC(=O)O.N[C@@H](CC(=O)O)C(=O)O.N[C@@H](CO)C(=O)O. The summed E-state index contributed by atoms with van der Waals surface area (Å²) < 4.78 is 0. The number of hydrogen-bond donors (Lipinski definition) is 13. The lowest BCUT2D eigenvalue weighted by Crippen LogP contribution is -2.34. The molecule has 0 radical (unpaired) electrons. The van der Waals surface area contributed by atoms with Gasteiger partial charge in [-0.25, -0.2) is 0 Å². The van der Waals surface area contributed by atoms with Crippen molar-refractivity contribution in [2.75, 3.05) is 19.7 Å².